The first-order valence-electron chi connectivity index (χ1n) is 15.6. The number of carbonyl (C=O) groups is 2. The van der Waals surface area contributed by atoms with E-state index in [1.807, 2.05) is 13.1 Å². The second-order valence-corrected chi connectivity index (χ2v) is 12.5. The van der Waals surface area contributed by atoms with Crippen LogP contribution in [0.15, 0.2) is 36.4 Å². The van der Waals surface area contributed by atoms with E-state index in [4.69, 9.17) is 44.6 Å². The van der Waals surface area contributed by atoms with Gasteiger partial charge in [-0.1, -0.05) is 0 Å². The average molecular weight is 684 g/mol. The molecule has 0 radical (unpaired) electrons. The van der Waals surface area contributed by atoms with Gasteiger partial charge in [0.15, 0.2) is 0 Å². The Morgan fingerprint density at radius 1 is 0.778 bits per heavy atom. The lowest BCUT2D eigenvalue weighted by molar-refractivity contribution is -0.143. The summed E-state index contributed by atoms with van der Waals surface area (Å²) in [4.78, 5) is 32.2. The van der Waals surface area contributed by atoms with Crippen molar-refractivity contribution < 1.29 is 19.4 Å². The van der Waals surface area contributed by atoms with Gasteiger partial charge in [0, 0.05) is 75.6 Å². The number of rotatable bonds is 19. The van der Waals surface area contributed by atoms with Crippen LogP contribution in [0.2, 0.25) is 0 Å². The van der Waals surface area contributed by atoms with Crippen molar-refractivity contribution in [3.8, 4) is 0 Å². The fourth-order valence-corrected chi connectivity index (χ4v) is 6.59. The summed E-state index contributed by atoms with van der Waals surface area (Å²) >= 11 is 18.1. The molecule has 13 heteroatoms. The molecule has 2 aliphatic rings. The van der Waals surface area contributed by atoms with E-state index in [2.05, 4.69) is 67.6 Å². The highest BCUT2D eigenvalue weighted by molar-refractivity contribution is 6.18. The molecule has 2 aromatic rings. The van der Waals surface area contributed by atoms with Crippen LogP contribution in [-0.2, 0) is 14.3 Å². The number of alkyl halides is 3. The zero-order valence-electron chi connectivity index (χ0n) is 26.1. The molecule has 2 heterocycles. The van der Waals surface area contributed by atoms with Crippen LogP contribution in [0.1, 0.15) is 38.5 Å². The summed E-state index contributed by atoms with van der Waals surface area (Å²) in [6.45, 7) is 2.89. The molecule has 2 atom stereocenters. The molecule has 248 valence electrons. The van der Waals surface area contributed by atoms with E-state index in [9.17, 15) is 9.59 Å². The Bertz CT molecular complexity index is 1280. The van der Waals surface area contributed by atoms with Gasteiger partial charge in [0.25, 0.3) is 0 Å². The monoisotopic (exact) mass is 682 g/mol. The van der Waals surface area contributed by atoms with Gasteiger partial charge >= 0.3 is 11.9 Å². The third-order valence-corrected chi connectivity index (χ3v) is 8.95. The Morgan fingerprint density at radius 2 is 1.24 bits per heavy atom. The topological polar surface area (TPSA) is 101 Å². The fourth-order valence-electron chi connectivity index (χ4n) is 5.98. The van der Waals surface area contributed by atoms with Gasteiger partial charge in [0.2, 0.25) is 0 Å². The molecule has 2 aromatic carbocycles. The molecule has 0 bridgehead atoms. The molecule has 0 spiro atoms. The summed E-state index contributed by atoms with van der Waals surface area (Å²) in [6, 6.07) is 12.5. The number of nitrogens with one attached hydrogen (secondary N) is 2. The number of anilines is 6. The highest BCUT2D eigenvalue weighted by Crippen LogP contribution is 2.39. The number of nitrogens with zero attached hydrogens (tertiary/aromatic N) is 4. The van der Waals surface area contributed by atoms with Crippen LogP contribution in [0, 0.1) is 0 Å². The summed E-state index contributed by atoms with van der Waals surface area (Å²) in [5.41, 5.74) is 6.34. The highest BCUT2D eigenvalue weighted by atomic mass is 35.5. The minimum atomic E-state index is -0.777. The van der Waals surface area contributed by atoms with Gasteiger partial charge in [-0.15, -0.1) is 34.8 Å². The first kappa shape index (κ1) is 34.9. The Hall–Kier alpha value is -2.95. The Balaban J connectivity index is 1.22. The number of carboxylic acid groups (broad SMARTS) is 1. The molecule has 0 aromatic heterocycles. The van der Waals surface area contributed by atoms with Crippen LogP contribution < -0.4 is 30.2 Å². The molecule has 2 aliphatic heterocycles. The standard InChI is InChI=1S/C32H45Cl3N6O4/c1-38-28-12-10-24(22-26(28)36-29(38)5-3-7-31(42)43)41(18-15-35)19-20-45-32(44)8-4-6-30-37-25-21-23(9-11-27(25)39(30)2)40(16-13-33)17-14-34/h9-12,21-22,29-30,36-37H,3-8,13-20H2,1-2H3,(H,42,43). The van der Waals surface area contributed by atoms with Crippen molar-refractivity contribution >= 4 is 80.9 Å². The number of fused-ring (bicyclic) bond motifs is 2. The highest BCUT2D eigenvalue weighted by Gasteiger charge is 2.27. The maximum atomic E-state index is 12.6. The number of carboxylic acids is 1. The number of carbonyl (C=O) groups excluding carboxylic acids is 1. The molecule has 0 saturated carbocycles. The predicted octanol–water partition coefficient (Wildman–Crippen LogP) is 6.06. The molecule has 0 aliphatic carbocycles. The second kappa shape index (κ2) is 17.1. The number of halogens is 3. The average Bonchev–Trinajstić information content (AvgIpc) is 3.50. The minimum Gasteiger partial charge on any atom is -0.481 e. The number of hydrogen-bond donors (Lipinski definition) is 3. The Labute approximate surface area is 281 Å². The lowest BCUT2D eigenvalue weighted by Gasteiger charge is -2.25. The number of esters is 1. The van der Waals surface area contributed by atoms with Crippen LogP contribution in [0.4, 0.5) is 34.1 Å². The van der Waals surface area contributed by atoms with Crippen molar-refractivity contribution in [2.24, 2.45) is 0 Å². The summed E-state index contributed by atoms with van der Waals surface area (Å²) in [7, 11) is 4.07. The zero-order chi connectivity index (χ0) is 32.3. The van der Waals surface area contributed by atoms with Gasteiger partial charge in [-0.3, -0.25) is 9.59 Å². The summed E-state index contributed by atoms with van der Waals surface area (Å²) in [5.74, 6) is 0.529. The van der Waals surface area contributed by atoms with Crippen LogP contribution >= 0.6 is 34.8 Å². The fraction of sp³-hybridized carbons (Fsp3) is 0.562. The van der Waals surface area contributed by atoms with E-state index in [1.165, 1.54) is 0 Å². The van der Waals surface area contributed by atoms with Gasteiger partial charge in [0.1, 0.15) is 6.61 Å². The smallest absolute Gasteiger partial charge is 0.305 e. The van der Waals surface area contributed by atoms with Crippen LogP contribution in [0.5, 0.6) is 0 Å². The predicted molar refractivity (Wildman–Crippen MR) is 187 cm³/mol. The van der Waals surface area contributed by atoms with E-state index in [0.717, 1.165) is 60.1 Å². The van der Waals surface area contributed by atoms with E-state index < -0.39 is 5.97 Å². The zero-order valence-corrected chi connectivity index (χ0v) is 28.4. The maximum absolute atomic E-state index is 12.6. The van der Waals surface area contributed by atoms with Crippen molar-refractivity contribution in [1.82, 2.24) is 0 Å². The normalized spacial score (nSPS) is 16.6. The number of benzene rings is 2. The van der Waals surface area contributed by atoms with Crippen molar-refractivity contribution in [2.45, 2.75) is 50.9 Å². The Morgan fingerprint density at radius 3 is 1.71 bits per heavy atom. The SMILES string of the molecule is CN1c2ccc(N(CCCl)CCOC(=O)CCCC3Nc4cc(N(CCCl)CCCl)ccc4N3C)cc2NC1CCCC(=O)O. The quantitative estimate of drug-likeness (QED) is 0.120. The first-order valence-corrected chi connectivity index (χ1v) is 17.2. The molecule has 45 heavy (non-hydrogen) atoms. The third-order valence-electron chi connectivity index (χ3n) is 8.44. The molecule has 0 amide bonds. The van der Waals surface area contributed by atoms with Crippen molar-refractivity contribution in [3.63, 3.8) is 0 Å². The molecule has 10 nitrogen and oxygen atoms in total. The van der Waals surface area contributed by atoms with Gasteiger partial charge in [-0.05, 0) is 62.1 Å². The van der Waals surface area contributed by atoms with Crippen molar-refractivity contribution in [1.29, 1.82) is 0 Å². The molecule has 0 saturated heterocycles. The third kappa shape index (κ3) is 9.30. The maximum Gasteiger partial charge on any atom is 0.305 e. The van der Waals surface area contributed by atoms with E-state index in [1.54, 1.807) is 0 Å². The van der Waals surface area contributed by atoms with E-state index >= 15 is 0 Å². The minimum absolute atomic E-state index is 0.0513. The molecule has 3 N–H and O–H groups in total. The van der Waals surface area contributed by atoms with Crippen LogP contribution in [0.3, 0.4) is 0 Å². The summed E-state index contributed by atoms with van der Waals surface area (Å²) < 4.78 is 5.62. The largest absolute Gasteiger partial charge is 0.481 e. The van der Waals surface area contributed by atoms with Crippen molar-refractivity contribution in [2.75, 3.05) is 94.8 Å². The summed E-state index contributed by atoms with van der Waals surface area (Å²) in [5, 5.41) is 16.1. The molecule has 2 unspecified atom stereocenters. The van der Waals surface area contributed by atoms with E-state index in [0.29, 0.717) is 50.0 Å². The second-order valence-electron chi connectivity index (χ2n) is 11.4. The molecular formula is C32H45Cl3N6O4. The number of hydrogen-bond acceptors (Lipinski definition) is 9. The van der Waals surface area contributed by atoms with Crippen LogP contribution in [0.25, 0.3) is 0 Å². The van der Waals surface area contributed by atoms with Gasteiger partial charge < -0.3 is 40.1 Å². The van der Waals surface area contributed by atoms with Crippen LogP contribution in [-0.4, -0.2) is 93.9 Å². The number of ether oxygens (including phenoxy) is 1. The molecular weight excluding hydrogens is 639 g/mol. The lowest BCUT2D eigenvalue weighted by atomic mass is 10.2. The summed E-state index contributed by atoms with van der Waals surface area (Å²) in [6.07, 6.45) is 3.50. The van der Waals surface area contributed by atoms with Crippen molar-refractivity contribution in [3.05, 3.63) is 36.4 Å². The number of aliphatic carboxylic acids is 1. The van der Waals surface area contributed by atoms with Gasteiger partial charge in [-0.2, -0.15) is 0 Å². The van der Waals surface area contributed by atoms with Gasteiger partial charge in [-0.25, -0.2) is 0 Å². The van der Waals surface area contributed by atoms with Gasteiger partial charge in [0.05, 0.1) is 41.6 Å². The molecule has 4 rings (SSSR count). The Kier molecular flexibility index (Phi) is 13.3. The first-order chi connectivity index (χ1) is 21.7. The molecule has 0 fully saturated rings. The van der Waals surface area contributed by atoms with E-state index in [-0.39, 0.29) is 31.3 Å². The lowest BCUT2D eigenvalue weighted by Crippen LogP contribution is -2.32.